The third-order valence-corrected chi connectivity index (χ3v) is 4.48. The van der Waals surface area contributed by atoms with E-state index in [1.165, 1.54) is 11.1 Å². The van der Waals surface area contributed by atoms with Gasteiger partial charge in [0, 0.05) is 12.0 Å². The molecule has 0 aromatic heterocycles. The molecule has 1 heterocycles. The number of hydrogen-bond donors (Lipinski definition) is 1. The van der Waals surface area contributed by atoms with E-state index in [4.69, 9.17) is 10.5 Å². The number of ether oxygens (including phenoxy) is 1. The van der Waals surface area contributed by atoms with Crippen LogP contribution >= 0.6 is 0 Å². The molecule has 1 aromatic rings. The van der Waals surface area contributed by atoms with Crippen LogP contribution in [0, 0.1) is 11.8 Å². The molecule has 5 atom stereocenters. The predicted molar refractivity (Wildman–Crippen MR) is 75.4 cm³/mol. The van der Waals surface area contributed by atoms with Crippen LogP contribution < -0.4 is 5.73 Å². The molecule has 0 aliphatic carbocycles. The van der Waals surface area contributed by atoms with Crippen molar-refractivity contribution in [2.45, 2.75) is 52.4 Å². The molecule has 2 nitrogen and oxygen atoms in total. The standard InChI is InChI=1S/C16H25NO/c1-5-13-7-6-8-14(9-13)16(17)15-10(2)11(3)18-12(15)4/h6-12,15-16H,5,17H2,1-4H3. The summed E-state index contributed by atoms with van der Waals surface area (Å²) in [6, 6.07) is 8.74. The number of rotatable bonds is 3. The zero-order valence-electron chi connectivity index (χ0n) is 11.9. The van der Waals surface area contributed by atoms with Crippen LogP contribution in [0.1, 0.15) is 44.9 Å². The molecule has 100 valence electrons. The summed E-state index contributed by atoms with van der Waals surface area (Å²) in [6.07, 6.45) is 1.61. The monoisotopic (exact) mass is 247 g/mol. The van der Waals surface area contributed by atoms with E-state index in [-0.39, 0.29) is 12.1 Å². The van der Waals surface area contributed by atoms with Crippen LogP contribution in [0.2, 0.25) is 0 Å². The molecule has 2 rings (SSSR count). The normalized spacial score (nSPS) is 33.6. The van der Waals surface area contributed by atoms with E-state index in [0.717, 1.165) is 6.42 Å². The Hall–Kier alpha value is -0.860. The van der Waals surface area contributed by atoms with Crippen molar-refractivity contribution in [1.29, 1.82) is 0 Å². The van der Waals surface area contributed by atoms with Crippen LogP contribution in [0.4, 0.5) is 0 Å². The fraction of sp³-hybridized carbons (Fsp3) is 0.625. The van der Waals surface area contributed by atoms with Crippen LogP contribution in [-0.2, 0) is 11.2 Å². The molecular weight excluding hydrogens is 222 g/mol. The van der Waals surface area contributed by atoms with Gasteiger partial charge in [0.2, 0.25) is 0 Å². The lowest BCUT2D eigenvalue weighted by atomic mass is 9.80. The maximum Gasteiger partial charge on any atom is 0.0600 e. The van der Waals surface area contributed by atoms with E-state index in [2.05, 4.69) is 52.0 Å². The molecule has 0 saturated carbocycles. The summed E-state index contributed by atoms with van der Waals surface area (Å²) in [5, 5.41) is 0. The fourth-order valence-electron chi connectivity index (χ4n) is 3.16. The van der Waals surface area contributed by atoms with Crippen LogP contribution in [0.15, 0.2) is 24.3 Å². The van der Waals surface area contributed by atoms with Crippen LogP contribution in [-0.4, -0.2) is 12.2 Å². The second-order valence-electron chi connectivity index (χ2n) is 5.61. The van der Waals surface area contributed by atoms with Gasteiger partial charge >= 0.3 is 0 Å². The summed E-state index contributed by atoms with van der Waals surface area (Å²) < 4.78 is 5.91. The Kier molecular flexibility index (Phi) is 4.08. The highest BCUT2D eigenvalue weighted by Crippen LogP contribution is 2.39. The van der Waals surface area contributed by atoms with Crippen LogP contribution in [0.25, 0.3) is 0 Å². The first-order valence-corrected chi connectivity index (χ1v) is 7.04. The summed E-state index contributed by atoms with van der Waals surface area (Å²) >= 11 is 0. The Morgan fingerprint density at radius 2 is 1.94 bits per heavy atom. The zero-order chi connectivity index (χ0) is 13.3. The summed E-state index contributed by atoms with van der Waals surface area (Å²) in [5.74, 6) is 0.924. The van der Waals surface area contributed by atoms with Crippen molar-refractivity contribution in [1.82, 2.24) is 0 Å². The average Bonchev–Trinajstić information content (AvgIpc) is 2.62. The van der Waals surface area contributed by atoms with Gasteiger partial charge in [-0.05, 0) is 37.3 Å². The molecule has 1 aromatic carbocycles. The topological polar surface area (TPSA) is 35.2 Å². The Morgan fingerprint density at radius 1 is 1.22 bits per heavy atom. The number of hydrogen-bond acceptors (Lipinski definition) is 2. The van der Waals surface area contributed by atoms with Gasteiger partial charge in [-0.2, -0.15) is 0 Å². The molecule has 5 unspecified atom stereocenters. The fourth-order valence-corrected chi connectivity index (χ4v) is 3.16. The van der Waals surface area contributed by atoms with Gasteiger partial charge in [-0.3, -0.25) is 0 Å². The summed E-state index contributed by atoms with van der Waals surface area (Å²) in [7, 11) is 0. The molecule has 1 fully saturated rings. The highest BCUT2D eigenvalue weighted by molar-refractivity contribution is 5.27. The summed E-state index contributed by atoms with van der Waals surface area (Å²) in [6.45, 7) is 8.73. The van der Waals surface area contributed by atoms with Crippen LogP contribution in [0.3, 0.4) is 0 Å². The first kappa shape index (κ1) is 13.6. The van der Waals surface area contributed by atoms with Crippen molar-refractivity contribution in [2.24, 2.45) is 17.6 Å². The van der Waals surface area contributed by atoms with E-state index in [1.54, 1.807) is 0 Å². The van der Waals surface area contributed by atoms with Gasteiger partial charge in [0.1, 0.15) is 0 Å². The number of aryl methyl sites for hydroxylation is 1. The van der Waals surface area contributed by atoms with Crippen molar-refractivity contribution in [2.75, 3.05) is 0 Å². The molecule has 1 saturated heterocycles. The van der Waals surface area contributed by atoms with Gasteiger partial charge in [-0.15, -0.1) is 0 Å². The van der Waals surface area contributed by atoms with Crippen molar-refractivity contribution >= 4 is 0 Å². The molecule has 2 heteroatoms. The van der Waals surface area contributed by atoms with E-state index in [0.29, 0.717) is 17.9 Å². The molecule has 18 heavy (non-hydrogen) atoms. The van der Waals surface area contributed by atoms with E-state index < -0.39 is 0 Å². The van der Waals surface area contributed by atoms with Crippen LogP contribution in [0.5, 0.6) is 0 Å². The molecule has 0 bridgehead atoms. The van der Waals surface area contributed by atoms with Gasteiger partial charge in [0.15, 0.2) is 0 Å². The summed E-state index contributed by atoms with van der Waals surface area (Å²) in [5.41, 5.74) is 9.09. The largest absolute Gasteiger partial charge is 0.375 e. The second-order valence-corrected chi connectivity index (χ2v) is 5.61. The van der Waals surface area contributed by atoms with Gasteiger partial charge < -0.3 is 10.5 Å². The van der Waals surface area contributed by atoms with Gasteiger partial charge in [-0.1, -0.05) is 38.1 Å². The smallest absolute Gasteiger partial charge is 0.0600 e. The Bertz CT molecular complexity index is 404. The maximum atomic E-state index is 6.49. The third kappa shape index (κ3) is 2.45. The highest BCUT2D eigenvalue weighted by Gasteiger charge is 2.40. The van der Waals surface area contributed by atoms with Gasteiger partial charge in [0.25, 0.3) is 0 Å². The molecule has 0 radical (unpaired) electrons. The highest BCUT2D eigenvalue weighted by atomic mass is 16.5. The van der Waals surface area contributed by atoms with Crippen molar-refractivity contribution in [3.8, 4) is 0 Å². The maximum absolute atomic E-state index is 6.49. The van der Waals surface area contributed by atoms with Crippen molar-refractivity contribution < 1.29 is 4.74 Å². The lowest BCUT2D eigenvalue weighted by Gasteiger charge is -2.26. The van der Waals surface area contributed by atoms with Crippen molar-refractivity contribution in [3.63, 3.8) is 0 Å². The molecular formula is C16H25NO. The minimum Gasteiger partial charge on any atom is -0.375 e. The third-order valence-electron chi connectivity index (χ3n) is 4.48. The van der Waals surface area contributed by atoms with Gasteiger partial charge in [0.05, 0.1) is 12.2 Å². The Morgan fingerprint density at radius 3 is 2.50 bits per heavy atom. The second kappa shape index (κ2) is 5.41. The minimum absolute atomic E-state index is 0.0754. The summed E-state index contributed by atoms with van der Waals surface area (Å²) in [4.78, 5) is 0. The average molecular weight is 247 g/mol. The van der Waals surface area contributed by atoms with Crippen molar-refractivity contribution in [3.05, 3.63) is 35.4 Å². The molecule has 2 N–H and O–H groups in total. The van der Waals surface area contributed by atoms with Gasteiger partial charge in [-0.25, -0.2) is 0 Å². The predicted octanol–water partition coefficient (Wildman–Crippen LogP) is 3.31. The molecule has 1 aliphatic rings. The van der Waals surface area contributed by atoms with E-state index in [1.807, 2.05) is 0 Å². The first-order valence-electron chi connectivity index (χ1n) is 7.04. The lowest BCUT2D eigenvalue weighted by molar-refractivity contribution is 0.0489. The lowest BCUT2D eigenvalue weighted by Crippen LogP contribution is -2.30. The van der Waals surface area contributed by atoms with E-state index >= 15 is 0 Å². The number of benzene rings is 1. The quantitative estimate of drug-likeness (QED) is 0.889. The first-order chi connectivity index (χ1) is 8.54. The Labute approximate surface area is 111 Å². The minimum atomic E-state index is 0.0754. The number of nitrogens with two attached hydrogens (primary N) is 1. The zero-order valence-corrected chi connectivity index (χ0v) is 11.9. The molecule has 1 aliphatic heterocycles. The Balaban J connectivity index is 2.22. The SMILES string of the molecule is CCc1cccc(C(N)C2C(C)OC(C)C2C)c1. The molecule has 0 spiro atoms. The van der Waals surface area contributed by atoms with E-state index in [9.17, 15) is 0 Å². The molecule has 0 amide bonds.